The van der Waals surface area contributed by atoms with E-state index in [1.165, 1.54) is 13.2 Å². The van der Waals surface area contributed by atoms with Gasteiger partial charge in [0.25, 0.3) is 5.91 Å². The number of hydrogen-bond donors (Lipinski definition) is 3. The number of methoxy groups -OCH3 is 1. The van der Waals surface area contributed by atoms with Gasteiger partial charge >= 0.3 is 0 Å². The van der Waals surface area contributed by atoms with Gasteiger partial charge in [-0.25, -0.2) is 0 Å². The fourth-order valence-electron chi connectivity index (χ4n) is 3.78. The van der Waals surface area contributed by atoms with E-state index in [1.807, 2.05) is 6.07 Å². The second-order valence-electron chi connectivity index (χ2n) is 7.90. The Kier molecular flexibility index (Phi) is 8.61. The topological polar surface area (TPSA) is 96.7 Å². The molecule has 2 aromatic carbocycles. The maximum atomic E-state index is 12.6. The molecule has 1 aliphatic heterocycles. The fourth-order valence-corrected chi connectivity index (χ4v) is 4.14. The van der Waals surface area contributed by atoms with E-state index in [-0.39, 0.29) is 11.8 Å². The molecule has 0 aliphatic carbocycles. The van der Waals surface area contributed by atoms with Crippen LogP contribution in [-0.4, -0.2) is 50.0 Å². The average molecular weight is 479 g/mol. The van der Waals surface area contributed by atoms with E-state index in [0.717, 1.165) is 32.5 Å². The van der Waals surface area contributed by atoms with Crippen LogP contribution >= 0.6 is 23.2 Å². The number of nitrogens with zero attached hydrogens (tertiary/aromatic N) is 1. The van der Waals surface area contributed by atoms with Crippen molar-refractivity contribution in [3.8, 4) is 5.75 Å². The van der Waals surface area contributed by atoms with Gasteiger partial charge in [0.05, 0.1) is 23.4 Å². The minimum Gasteiger partial charge on any atom is -0.496 e. The third-order valence-electron chi connectivity index (χ3n) is 5.47. The molecule has 2 amide bonds. The van der Waals surface area contributed by atoms with Crippen molar-refractivity contribution in [2.45, 2.75) is 19.3 Å². The standard InChI is InChI=1S/C23H28Cl2N4O3/c1-32-21-12-20(26)19(25)11-18(21)23(31)27-13-15-7-9-29(14-15)8-3-6-22(30)28-17-5-2-4-16(24)10-17/h2,4-5,10-12,15H,3,6-9,13-14,26H2,1H3,(H,27,31)(H,28,30). The number of nitrogens with one attached hydrogen (secondary N) is 2. The number of ether oxygens (including phenoxy) is 1. The Morgan fingerprint density at radius 1 is 1.25 bits per heavy atom. The lowest BCUT2D eigenvalue weighted by Gasteiger charge is -2.17. The van der Waals surface area contributed by atoms with Gasteiger partial charge in [0.2, 0.25) is 5.91 Å². The van der Waals surface area contributed by atoms with Crippen molar-refractivity contribution in [2.24, 2.45) is 5.92 Å². The number of benzene rings is 2. The summed E-state index contributed by atoms with van der Waals surface area (Å²) in [5.41, 5.74) is 7.22. The molecule has 0 radical (unpaired) electrons. The quantitative estimate of drug-likeness (QED) is 0.472. The van der Waals surface area contributed by atoms with E-state index in [9.17, 15) is 9.59 Å². The largest absolute Gasteiger partial charge is 0.496 e. The first-order chi connectivity index (χ1) is 15.4. The van der Waals surface area contributed by atoms with E-state index < -0.39 is 0 Å². The summed E-state index contributed by atoms with van der Waals surface area (Å²) in [6.45, 7) is 3.24. The van der Waals surface area contributed by atoms with Gasteiger partial charge in [-0.15, -0.1) is 0 Å². The molecule has 7 nitrogen and oxygen atoms in total. The Bertz CT molecular complexity index is 970. The molecule has 1 heterocycles. The van der Waals surface area contributed by atoms with Crippen molar-refractivity contribution in [1.82, 2.24) is 10.2 Å². The Morgan fingerprint density at radius 2 is 2.06 bits per heavy atom. The molecule has 2 aromatic rings. The molecule has 1 atom stereocenters. The zero-order valence-corrected chi connectivity index (χ0v) is 19.5. The fraction of sp³-hybridized carbons (Fsp3) is 0.391. The number of nitrogen functional groups attached to an aromatic ring is 1. The van der Waals surface area contributed by atoms with Crippen molar-refractivity contribution in [3.63, 3.8) is 0 Å². The maximum absolute atomic E-state index is 12.6. The zero-order chi connectivity index (χ0) is 23.1. The molecule has 4 N–H and O–H groups in total. The molecule has 1 saturated heterocycles. The third kappa shape index (κ3) is 6.76. The van der Waals surface area contributed by atoms with Gasteiger partial charge in [-0.2, -0.15) is 0 Å². The normalized spacial score (nSPS) is 16.0. The van der Waals surface area contributed by atoms with Crippen molar-refractivity contribution in [1.29, 1.82) is 0 Å². The summed E-state index contributed by atoms with van der Waals surface area (Å²) < 4.78 is 5.25. The molecule has 3 rings (SSSR count). The summed E-state index contributed by atoms with van der Waals surface area (Å²) in [5, 5.41) is 6.75. The number of rotatable bonds is 9. The maximum Gasteiger partial charge on any atom is 0.255 e. The van der Waals surface area contributed by atoms with Gasteiger partial charge in [0.15, 0.2) is 0 Å². The molecule has 0 spiro atoms. The molecule has 0 bridgehead atoms. The van der Waals surface area contributed by atoms with Crippen LogP contribution in [-0.2, 0) is 4.79 Å². The molecule has 1 aliphatic rings. The molecular formula is C23H28Cl2N4O3. The van der Waals surface area contributed by atoms with E-state index in [0.29, 0.717) is 51.6 Å². The smallest absolute Gasteiger partial charge is 0.255 e. The number of likely N-dealkylation sites (tertiary alicyclic amines) is 1. The summed E-state index contributed by atoms with van der Waals surface area (Å²) in [6, 6.07) is 10.2. The summed E-state index contributed by atoms with van der Waals surface area (Å²) in [7, 11) is 1.49. The van der Waals surface area contributed by atoms with Gasteiger partial charge in [-0.3, -0.25) is 9.59 Å². The summed E-state index contributed by atoms with van der Waals surface area (Å²) >= 11 is 12.0. The van der Waals surface area contributed by atoms with Crippen LogP contribution in [0, 0.1) is 5.92 Å². The molecule has 1 unspecified atom stereocenters. The Labute approximate surface area is 198 Å². The Hall–Kier alpha value is -2.48. The first-order valence-electron chi connectivity index (χ1n) is 10.5. The Morgan fingerprint density at radius 3 is 2.81 bits per heavy atom. The van der Waals surface area contributed by atoms with Crippen LogP contribution in [0.3, 0.4) is 0 Å². The summed E-state index contributed by atoms with van der Waals surface area (Å²) in [4.78, 5) is 27.0. The number of anilines is 2. The minimum atomic E-state index is -0.236. The predicted octanol–water partition coefficient (Wildman–Crippen LogP) is 4.05. The Balaban J connectivity index is 1.38. The second-order valence-corrected chi connectivity index (χ2v) is 8.75. The SMILES string of the molecule is COc1cc(N)c(Cl)cc1C(=O)NCC1CCN(CCCC(=O)Nc2cccc(Cl)c2)C1. The number of hydrogen-bond acceptors (Lipinski definition) is 5. The van der Waals surface area contributed by atoms with Crippen LogP contribution in [0.5, 0.6) is 5.75 Å². The minimum absolute atomic E-state index is 0.0219. The lowest BCUT2D eigenvalue weighted by molar-refractivity contribution is -0.116. The van der Waals surface area contributed by atoms with E-state index in [4.69, 9.17) is 33.7 Å². The van der Waals surface area contributed by atoms with Gasteiger partial charge in [0, 0.05) is 36.3 Å². The molecule has 172 valence electrons. The van der Waals surface area contributed by atoms with E-state index in [2.05, 4.69) is 15.5 Å². The van der Waals surface area contributed by atoms with Crippen LogP contribution in [0.25, 0.3) is 0 Å². The number of carbonyl (C=O) groups is 2. The summed E-state index contributed by atoms with van der Waals surface area (Å²) in [6.07, 6.45) is 2.21. The highest BCUT2D eigenvalue weighted by Crippen LogP contribution is 2.29. The predicted molar refractivity (Wildman–Crippen MR) is 129 cm³/mol. The highest BCUT2D eigenvalue weighted by atomic mass is 35.5. The number of nitrogens with two attached hydrogens (primary N) is 1. The van der Waals surface area contributed by atoms with Crippen LogP contribution in [0.4, 0.5) is 11.4 Å². The van der Waals surface area contributed by atoms with Crippen LogP contribution in [0.2, 0.25) is 10.0 Å². The van der Waals surface area contributed by atoms with Crippen molar-refractivity contribution < 1.29 is 14.3 Å². The third-order valence-corrected chi connectivity index (χ3v) is 6.03. The number of halogens is 2. The molecule has 32 heavy (non-hydrogen) atoms. The average Bonchev–Trinajstić information content (AvgIpc) is 3.21. The molecule has 9 heteroatoms. The van der Waals surface area contributed by atoms with Crippen LogP contribution < -0.4 is 21.1 Å². The van der Waals surface area contributed by atoms with Gasteiger partial charge < -0.3 is 26.0 Å². The van der Waals surface area contributed by atoms with E-state index in [1.54, 1.807) is 24.3 Å². The van der Waals surface area contributed by atoms with Crippen molar-refractivity contribution in [3.05, 3.63) is 52.0 Å². The van der Waals surface area contributed by atoms with Crippen molar-refractivity contribution >= 4 is 46.4 Å². The first kappa shape index (κ1) is 24.2. The number of amides is 2. The molecule has 0 aromatic heterocycles. The monoisotopic (exact) mass is 478 g/mol. The lowest BCUT2D eigenvalue weighted by Crippen LogP contribution is -2.31. The van der Waals surface area contributed by atoms with Crippen LogP contribution in [0.1, 0.15) is 29.6 Å². The lowest BCUT2D eigenvalue weighted by atomic mass is 10.1. The van der Waals surface area contributed by atoms with Gasteiger partial charge in [-0.05, 0) is 56.1 Å². The van der Waals surface area contributed by atoms with Crippen molar-refractivity contribution in [2.75, 3.05) is 44.3 Å². The molecular weight excluding hydrogens is 451 g/mol. The first-order valence-corrected chi connectivity index (χ1v) is 11.3. The summed E-state index contributed by atoms with van der Waals surface area (Å²) in [5.74, 6) is 0.495. The van der Waals surface area contributed by atoms with Crippen LogP contribution in [0.15, 0.2) is 36.4 Å². The van der Waals surface area contributed by atoms with Gasteiger partial charge in [0.1, 0.15) is 5.75 Å². The number of carbonyl (C=O) groups excluding carboxylic acids is 2. The van der Waals surface area contributed by atoms with Gasteiger partial charge in [-0.1, -0.05) is 29.3 Å². The highest BCUT2D eigenvalue weighted by Gasteiger charge is 2.23. The molecule has 0 saturated carbocycles. The zero-order valence-electron chi connectivity index (χ0n) is 18.0. The second kappa shape index (κ2) is 11.4. The molecule has 1 fully saturated rings. The van der Waals surface area contributed by atoms with E-state index >= 15 is 0 Å². The highest BCUT2D eigenvalue weighted by molar-refractivity contribution is 6.33.